The average molecular weight is 552 g/mol. The Morgan fingerprint density at radius 1 is 0.895 bits per heavy atom. The van der Waals surface area contributed by atoms with Gasteiger partial charge < -0.3 is 19.5 Å². The van der Waals surface area contributed by atoms with Gasteiger partial charge in [0.25, 0.3) is 0 Å². The number of carbonyl (C=O) groups excluding carboxylic acids is 1. The van der Waals surface area contributed by atoms with Crippen LogP contribution in [0.15, 0.2) is 91.0 Å². The molecule has 0 radical (unpaired) electrons. The van der Waals surface area contributed by atoms with E-state index in [4.69, 9.17) is 25.8 Å². The molecule has 1 aliphatic heterocycles. The van der Waals surface area contributed by atoms with Gasteiger partial charge in [-0.25, -0.2) is 4.79 Å². The van der Waals surface area contributed by atoms with E-state index in [1.807, 2.05) is 12.1 Å². The molecule has 1 aliphatic rings. The first-order valence-corrected chi connectivity index (χ1v) is 13.0. The second-order valence-corrected chi connectivity index (χ2v) is 9.57. The number of esters is 1. The number of piperidine rings is 1. The maximum absolute atomic E-state index is 12.1. The Bertz CT molecular complexity index is 1350. The zero-order valence-corrected chi connectivity index (χ0v) is 22.5. The van der Waals surface area contributed by atoms with Crippen LogP contribution in [0, 0.1) is 0 Å². The normalized spacial score (nSPS) is 17.0. The smallest absolute Gasteiger partial charge is 0.339 e. The van der Waals surface area contributed by atoms with Gasteiger partial charge in [0.15, 0.2) is 0 Å². The predicted molar refractivity (Wildman–Crippen MR) is 154 cm³/mol. The van der Waals surface area contributed by atoms with Crippen LogP contribution in [0.5, 0.6) is 5.75 Å². The Balaban J connectivity index is 0.00000336. The molecule has 1 heterocycles. The van der Waals surface area contributed by atoms with Crippen LogP contribution < -0.4 is 10.1 Å². The minimum atomic E-state index is -0.454. The van der Waals surface area contributed by atoms with Crippen molar-refractivity contribution in [3.63, 3.8) is 0 Å². The fourth-order valence-electron chi connectivity index (χ4n) is 4.73. The summed E-state index contributed by atoms with van der Waals surface area (Å²) in [6.07, 6.45) is 1.11. The van der Waals surface area contributed by atoms with Crippen molar-refractivity contribution in [3.05, 3.63) is 113 Å². The summed E-state index contributed by atoms with van der Waals surface area (Å²) in [5.74, 6) is 0.595. The van der Waals surface area contributed by atoms with Crippen LogP contribution >= 0.6 is 24.0 Å². The number of hydrogen-bond acceptors (Lipinski definition) is 5. The van der Waals surface area contributed by atoms with Gasteiger partial charge in [0.1, 0.15) is 19.0 Å². The molecule has 1 saturated heterocycles. The molecule has 1 fully saturated rings. The lowest BCUT2D eigenvalue weighted by Gasteiger charge is -2.32. The number of halogens is 2. The van der Waals surface area contributed by atoms with E-state index in [0.29, 0.717) is 23.1 Å². The first kappa shape index (κ1) is 27.9. The largest absolute Gasteiger partial charge is 0.490 e. The third kappa shape index (κ3) is 7.06. The highest BCUT2D eigenvalue weighted by atomic mass is 35.5. The highest BCUT2D eigenvalue weighted by molar-refractivity contribution is 6.33. The molecule has 1 N–H and O–H groups in total. The number of hydrogen-bond donors (Lipinski definition) is 1. The number of rotatable bonds is 9. The van der Waals surface area contributed by atoms with Gasteiger partial charge in [-0.05, 0) is 65.2 Å². The summed E-state index contributed by atoms with van der Waals surface area (Å²) >= 11 is 6.04. The maximum Gasteiger partial charge on any atom is 0.339 e. The Kier molecular flexibility index (Phi) is 10.0. The quantitative estimate of drug-likeness (QED) is 0.183. The van der Waals surface area contributed by atoms with Gasteiger partial charge in [0.05, 0.1) is 23.3 Å². The summed E-state index contributed by atoms with van der Waals surface area (Å²) in [7, 11) is 0. The van der Waals surface area contributed by atoms with Crippen LogP contribution in [-0.2, 0) is 16.1 Å². The van der Waals surface area contributed by atoms with Crippen LogP contribution in [0.1, 0.15) is 33.8 Å². The molecule has 0 aromatic heterocycles. The molecule has 5 nitrogen and oxygen atoms in total. The van der Waals surface area contributed by atoms with Crippen LogP contribution in [0.2, 0.25) is 5.02 Å². The van der Waals surface area contributed by atoms with Crippen LogP contribution in [0.4, 0.5) is 0 Å². The SMILES string of the molecule is Cl.O=C(OCCOc1ccc(C2CCNCC2OCc2ccc3ccccc3c2)cc1)c1ccccc1Cl. The second kappa shape index (κ2) is 13.6. The zero-order chi connectivity index (χ0) is 25.5. The molecule has 2 unspecified atom stereocenters. The molecule has 0 amide bonds. The summed E-state index contributed by atoms with van der Waals surface area (Å²) in [5.41, 5.74) is 2.78. The monoisotopic (exact) mass is 551 g/mol. The second-order valence-electron chi connectivity index (χ2n) is 9.16. The molecule has 7 heteroatoms. The Labute approximate surface area is 234 Å². The van der Waals surface area contributed by atoms with Crippen LogP contribution in [0.3, 0.4) is 0 Å². The van der Waals surface area contributed by atoms with Gasteiger partial charge in [-0.3, -0.25) is 0 Å². The van der Waals surface area contributed by atoms with Crippen molar-refractivity contribution in [1.29, 1.82) is 0 Å². The number of benzene rings is 4. The molecule has 0 bridgehead atoms. The summed E-state index contributed by atoms with van der Waals surface area (Å²) in [4.78, 5) is 12.1. The number of ether oxygens (including phenoxy) is 3. The molecular formula is C31H31Cl2NO4. The Morgan fingerprint density at radius 3 is 2.47 bits per heavy atom. The van der Waals surface area contributed by atoms with Gasteiger partial charge in [0.2, 0.25) is 0 Å². The molecular weight excluding hydrogens is 521 g/mol. The van der Waals surface area contributed by atoms with E-state index in [2.05, 4.69) is 59.9 Å². The first-order chi connectivity index (χ1) is 18.2. The molecule has 4 aromatic rings. The molecule has 5 rings (SSSR count). The third-order valence-corrected chi connectivity index (χ3v) is 7.02. The van der Waals surface area contributed by atoms with E-state index in [-0.39, 0.29) is 31.7 Å². The summed E-state index contributed by atoms with van der Waals surface area (Å²) in [6.45, 7) is 2.79. The van der Waals surface area contributed by atoms with E-state index >= 15 is 0 Å². The van der Waals surface area contributed by atoms with Crippen molar-refractivity contribution in [2.24, 2.45) is 0 Å². The minimum Gasteiger partial charge on any atom is -0.490 e. The zero-order valence-electron chi connectivity index (χ0n) is 21.0. The number of fused-ring (bicyclic) bond motifs is 1. The Morgan fingerprint density at radius 2 is 1.66 bits per heavy atom. The fourth-order valence-corrected chi connectivity index (χ4v) is 4.94. The molecule has 38 heavy (non-hydrogen) atoms. The predicted octanol–water partition coefficient (Wildman–Crippen LogP) is 6.81. The summed E-state index contributed by atoms with van der Waals surface area (Å²) < 4.78 is 17.5. The highest BCUT2D eigenvalue weighted by Crippen LogP contribution is 2.30. The first-order valence-electron chi connectivity index (χ1n) is 12.6. The lowest BCUT2D eigenvalue weighted by Crippen LogP contribution is -2.40. The van der Waals surface area contributed by atoms with E-state index < -0.39 is 5.97 Å². The lowest BCUT2D eigenvalue weighted by atomic mass is 9.87. The van der Waals surface area contributed by atoms with Gasteiger partial charge in [0, 0.05) is 12.5 Å². The third-order valence-electron chi connectivity index (χ3n) is 6.69. The summed E-state index contributed by atoms with van der Waals surface area (Å²) in [6, 6.07) is 29.9. The van der Waals surface area contributed by atoms with E-state index in [1.54, 1.807) is 24.3 Å². The van der Waals surface area contributed by atoms with Crippen LogP contribution in [0.25, 0.3) is 10.8 Å². The lowest BCUT2D eigenvalue weighted by molar-refractivity contribution is 0.0106. The molecule has 0 saturated carbocycles. The van der Waals surface area contributed by atoms with Gasteiger partial charge in [-0.15, -0.1) is 12.4 Å². The van der Waals surface area contributed by atoms with Crippen molar-refractivity contribution in [3.8, 4) is 5.75 Å². The molecule has 0 spiro atoms. The minimum absolute atomic E-state index is 0. The van der Waals surface area contributed by atoms with Crippen molar-refractivity contribution >= 4 is 40.7 Å². The van der Waals surface area contributed by atoms with Crippen LogP contribution in [-0.4, -0.2) is 38.4 Å². The highest BCUT2D eigenvalue weighted by Gasteiger charge is 2.27. The molecule has 2 atom stereocenters. The molecule has 198 valence electrons. The molecule has 4 aromatic carbocycles. The molecule has 0 aliphatic carbocycles. The maximum atomic E-state index is 12.1. The number of nitrogens with one attached hydrogen (secondary N) is 1. The number of carbonyl (C=O) groups is 1. The summed E-state index contributed by atoms with van der Waals surface area (Å²) in [5, 5.41) is 6.32. The topological polar surface area (TPSA) is 56.8 Å². The van der Waals surface area contributed by atoms with E-state index in [9.17, 15) is 4.79 Å². The van der Waals surface area contributed by atoms with Gasteiger partial charge >= 0.3 is 5.97 Å². The van der Waals surface area contributed by atoms with Gasteiger partial charge in [-0.2, -0.15) is 0 Å². The Hall–Kier alpha value is -3.09. The van der Waals surface area contributed by atoms with Crippen molar-refractivity contribution < 1.29 is 19.0 Å². The van der Waals surface area contributed by atoms with E-state index in [0.717, 1.165) is 25.3 Å². The van der Waals surface area contributed by atoms with Gasteiger partial charge in [-0.1, -0.05) is 72.3 Å². The van der Waals surface area contributed by atoms with Crippen molar-refractivity contribution in [2.45, 2.75) is 25.0 Å². The van der Waals surface area contributed by atoms with Crippen molar-refractivity contribution in [1.82, 2.24) is 5.32 Å². The standard InChI is InChI=1S/C31H30ClNO4.ClH/c32-29-8-4-3-7-28(29)31(34)36-18-17-35-26-13-11-24(12-14-26)27-15-16-33-20-30(27)37-21-22-9-10-23-5-1-2-6-25(23)19-22;/h1-14,19,27,30,33H,15-18,20-21H2;1H. The average Bonchev–Trinajstić information content (AvgIpc) is 2.95. The fraction of sp³-hybridized carbons (Fsp3) is 0.258. The van der Waals surface area contributed by atoms with Crippen molar-refractivity contribution in [2.75, 3.05) is 26.3 Å². The van der Waals surface area contributed by atoms with E-state index in [1.165, 1.54) is 21.9 Å².